The van der Waals surface area contributed by atoms with Gasteiger partial charge in [0.1, 0.15) is 6.42 Å². The molecule has 84 valence electrons. The first-order chi connectivity index (χ1) is 7.67. The van der Waals surface area contributed by atoms with Crippen molar-refractivity contribution in [2.24, 2.45) is 0 Å². The van der Waals surface area contributed by atoms with E-state index in [9.17, 15) is 4.79 Å². The van der Waals surface area contributed by atoms with Crippen LogP contribution >= 0.6 is 0 Å². The molecule has 0 aliphatic heterocycles. The molecule has 0 atom stereocenters. The summed E-state index contributed by atoms with van der Waals surface area (Å²) in [5.41, 5.74) is 6.60. The van der Waals surface area contributed by atoms with Gasteiger partial charge in [0, 0.05) is 0 Å². The molecule has 0 saturated carbocycles. The lowest BCUT2D eigenvalue weighted by atomic mass is 10.2. The Morgan fingerprint density at radius 1 is 1.56 bits per heavy atom. The summed E-state index contributed by atoms with van der Waals surface area (Å²) in [6.07, 6.45) is 1.50. The lowest BCUT2D eigenvalue weighted by molar-refractivity contribution is -0.139. The Morgan fingerprint density at radius 3 is 2.94 bits per heavy atom. The topological polar surface area (TPSA) is 74.4 Å². The van der Waals surface area contributed by atoms with Gasteiger partial charge in [-0.2, -0.15) is 0 Å². The number of nitrogen functional groups attached to an aromatic ring is 1. The van der Waals surface area contributed by atoms with Crippen LogP contribution < -0.4 is 10.5 Å². The first-order valence-corrected chi connectivity index (χ1v) is 4.52. The third kappa shape index (κ3) is 3.17. The molecule has 0 aliphatic carbocycles. The van der Waals surface area contributed by atoms with Crippen molar-refractivity contribution >= 4 is 11.7 Å². The van der Waals surface area contributed by atoms with E-state index in [4.69, 9.17) is 10.5 Å². The highest BCUT2D eigenvalue weighted by molar-refractivity contribution is 5.72. The van der Waals surface area contributed by atoms with Gasteiger partial charge in [-0.25, -0.2) is 4.98 Å². The van der Waals surface area contributed by atoms with Crippen LogP contribution in [0, 0.1) is 11.8 Å². The molecular weight excluding hydrogens is 208 g/mol. The third-order valence-corrected chi connectivity index (χ3v) is 1.75. The number of anilines is 1. The smallest absolute Gasteiger partial charge is 0.317 e. The number of methoxy groups -OCH3 is 2. The molecule has 5 heteroatoms. The van der Waals surface area contributed by atoms with Crippen LogP contribution in [0.5, 0.6) is 5.88 Å². The molecule has 1 aromatic heterocycles. The minimum absolute atomic E-state index is 0.0223. The van der Waals surface area contributed by atoms with Gasteiger partial charge in [0.25, 0.3) is 0 Å². The number of ether oxygens (including phenoxy) is 2. The van der Waals surface area contributed by atoms with E-state index in [2.05, 4.69) is 21.6 Å². The number of hydrogen-bond acceptors (Lipinski definition) is 5. The van der Waals surface area contributed by atoms with E-state index in [-0.39, 0.29) is 12.4 Å². The SMILES string of the molecule is COC(=O)CC#Cc1cc(N)cnc1OC. The van der Waals surface area contributed by atoms with Crippen molar-refractivity contribution in [2.45, 2.75) is 6.42 Å². The summed E-state index contributed by atoms with van der Waals surface area (Å²) in [6, 6.07) is 1.64. The molecule has 0 unspecified atom stereocenters. The molecular formula is C11H12N2O3. The fourth-order valence-corrected chi connectivity index (χ4v) is 1.00. The maximum Gasteiger partial charge on any atom is 0.317 e. The summed E-state index contributed by atoms with van der Waals surface area (Å²) in [4.78, 5) is 14.8. The summed E-state index contributed by atoms with van der Waals surface area (Å²) in [5.74, 6) is 5.40. The van der Waals surface area contributed by atoms with Crippen molar-refractivity contribution in [3.8, 4) is 17.7 Å². The predicted octanol–water partition coefficient (Wildman–Crippen LogP) is 0.587. The fraction of sp³-hybridized carbons (Fsp3) is 0.273. The molecule has 0 fully saturated rings. The van der Waals surface area contributed by atoms with E-state index in [1.54, 1.807) is 6.07 Å². The van der Waals surface area contributed by atoms with Gasteiger partial charge in [-0.1, -0.05) is 11.8 Å². The van der Waals surface area contributed by atoms with Crippen LogP contribution in [0.3, 0.4) is 0 Å². The molecule has 0 radical (unpaired) electrons. The van der Waals surface area contributed by atoms with Gasteiger partial charge in [-0.15, -0.1) is 0 Å². The molecule has 0 aromatic carbocycles. The van der Waals surface area contributed by atoms with E-state index in [1.165, 1.54) is 20.4 Å². The average molecular weight is 220 g/mol. The Balaban J connectivity index is 2.86. The quantitative estimate of drug-likeness (QED) is 0.583. The Morgan fingerprint density at radius 2 is 2.31 bits per heavy atom. The second-order valence-corrected chi connectivity index (χ2v) is 2.88. The molecule has 1 aromatic rings. The summed E-state index contributed by atoms with van der Waals surface area (Å²) in [5, 5.41) is 0. The van der Waals surface area contributed by atoms with E-state index in [0.717, 1.165) is 0 Å². The van der Waals surface area contributed by atoms with Crippen LogP contribution in [0.15, 0.2) is 12.3 Å². The van der Waals surface area contributed by atoms with Crippen LogP contribution in [0.25, 0.3) is 0 Å². The van der Waals surface area contributed by atoms with E-state index in [0.29, 0.717) is 17.1 Å². The van der Waals surface area contributed by atoms with Crippen molar-refractivity contribution in [3.05, 3.63) is 17.8 Å². The zero-order valence-electron chi connectivity index (χ0n) is 9.11. The van der Waals surface area contributed by atoms with Crippen LogP contribution in [0.2, 0.25) is 0 Å². The number of rotatable bonds is 2. The lowest BCUT2D eigenvalue weighted by Crippen LogP contribution is -1.98. The van der Waals surface area contributed by atoms with Gasteiger partial charge >= 0.3 is 5.97 Å². The highest BCUT2D eigenvalue weighted by atomic mass is 16.5. The van der Waals surface area contributed by atoms with Gasteiger partial charge in [0.15, 0.2) is 0 Å². The van der Waals surface area contributed by atoms with Crippen molar-refractivity contribution < 1.29 is 14.3 Å². The van der Waals surface area contributed by atoms with Gasteiger partial charge < -0.3 is 15.2 Å². The minimum Gasteiger partial charge on any atom is -0.480 e. The van der Waals surface area contributed by atoms with Crippen LogP contribution in [-0.2, 0) is 9.53 Å². The molecule has 0 saturated heterocycles. The summed E-state index contributed by atoms with van der Waals surface area (Å²) < 4.78 is 9.45. The summed E-state index contributed by atoms with van der Waals surface area (Å²) >= 11 is 0. The summed E-state index contributed by atoms with van der Waals surface area (Å²) in [7, 11) is 2.80. The van der Waals surface area contributed by atoms with Crippen LogP contribution in [0.4, 0.5) is 5.69 Å². The van der Waals surface area contributed by atoms with Crippen molar-refractivity contribution in [3.63, 3.8) is 0 Å². The summed E-state index contributed by atoms with van der Waals surface area (Å²) in [6.45, 7) is 0. The van der Waals surface area contributed by atoms with E-state index in [1.807, 2.05) is 0 Å². The Hall–Kier alpha value is -2.22. The number of hydrogen-bond donors (Lipinski definition) is 1. The fourth-order valence-electron chi connectivity index (χ4n) is 1.00. The maximum atomic E-state index is 10.8. The largest absolute Gasteiger partial charge is 0.480 e. The van der Waals surface area contributed by atoms with Crippen LogP contribution in [-0.4, -0.2) is 25.2 Å². The van der Waals surface area contributed by atoms with Crippen LogP contribution in [0.1, 0.15) is 12.0 Å². The number of pyridine rings is 1. The first kappa shape index (κ1) is 11.9. The number of carbonyl (C=O) groups is 1. The van der Waals surface area contributed by atoms with Gasteiger partial charge in [-0.05, 0) is 6.07 Å². The standard InChI is InChI=1S/C11H12N2O3/c1-15-10(14)5-3-4-8-6-9(12)7-13-11(8)16-2/h6-7H,5,12H2,1-2H3. The number of aromatic nitrogens is 1. The third-order valence-electron chi connectivity index (χ3n) is 1.75. The predicted molar refractivity (Wildman–Crippen MR) is 58.7 cm³/mol. The Kier molecular flexibility index (Phi) is 4.16. The molecule has 0 spiro atoms. The highest BCUT2D eigenvalue weighted by Gasteiger charge is 2.02. The maximum absolute atomic E-state index is 10.8. The molecule has 1 heterocycles. The lowest BCUT2D eigenvalue weighted by Gasteiger charge is -2.01. The van der Waals surface area contributed by atoms with Gasteiger partial charge in [0.05, 0.1) is 31.7 Å². The number of carbonyl (C=O) groups excluding carboxylic acids is 1. The number of esters is 1. The monoisotopic (exact) mass is 220 g/mol. The minimum atomic E-state index is -0.386. The number of nitrogens with zero attached hydrogens (tertiary/aromatic N) is 1. The zero-order chi connectivity index (χ0) is 12.0. The molecule has 0 aliphatic rings. The molecule has 16 heavy (non-hydrogen) atoms. The Bertz CT molecular complexity index is 446. The second-order valence-electron chi connectivity index (χ2n) is 2.88. The van der Waals surface area contributed by atoms with Gasteiger partial charge in [-0.3, -0.25) is 4.79 Å². The molecule has 5 nitrogen and oxygen atoms in total. The highest BCUT2D eigenvalue weighted by Crippen LogP contribution is 2.15. The molecule has 0 amide bonds. The molecule has 0 bridgehead atoms. The van der Waals surface area contributed by atoms with Crippen molar-refractivity contribution in [2.75, 3.05) is 20.0 Å². The van der Waals surface area contributed by atoms with Crippen molar-refractivity contribution in [1.29, 1.82) is 0 Å². The molecule has 2 N–H and O–H groups in total. The van der Waals surface area contributed by atoms with Crippen molar-refractivity contribution in [1.82, 2.24) is 4.98 Å². The normalized spacial score (nSPS) is 8.88. The van der Waals surface area contributed by atoms with E-state index < -0.39 is 0 Å². The van der Waals surface area contributed by atoms with E-state index >= 15 is 0 Å². The molecule has 1 rings (SSSR count). The zero-order valence-corrected chi connectivity index (χ0v) is 9.11. The van der Waals surface area contributed by atoms with Gasteiger partial charge in [0.2, 0.25) is 5.88 Å². The average Bonchev–Trinajstić information content (AvgIpc) is 2.29. The Labute approximate surface area is 93.6 Å². The second kappa shape index (κ2) is 5.61. The number of nitrogens with two attached hydrogens (primary N) is 1. The first-order valence-electron chi connectivity index (χ1n) is 4.52.